The first-order valence-corrected chi connectivity index (χ1v) is 13.5. The second-order valence-electron chi connectivity index (χ2n) is 8.11. The molecule has 1 aliphatic heterocycles. The van der Waals surface area contributed by atoms with Crippen molar-refractivity contribution in [1.29, 1.82) is 0 Å². The number of hydrogen-bond donors (Lipinski definition) is 4. The van der Waals surface area contributed by atoms with Crippen molar-refractivity contribution in [3.8, 4) is 0 Å². The third-order valence-electron chi connectivity index (χ3n) is 5.53. The van der Waals surface area contributed by atoms with E-state index in [2.05, 4.69) is 15.6 Å². The summed E-state index contributed by atoms with van der Waals surface area (Å²) in [5.41, 5.74) is 10.2. The van der Waals surface area contributed by atoms with Crippen LogP contribution in [-0.4, -0.2) is 67.4 Å². The Morgan fingerprint density at radius 3 is 2.46 bits per heavy atom. The van der Waals surface area contributed by atoms with Crippen molar-refractivity contribution >= 4 is 44.0 Å². The molecule has 1 aromatic heterocycles. The van der Waals surface area contributed by atoms with Crippen molar-refractivity contribution in [2.45, 2.75) is 31.7 Å². The second kappa shape index (κ2) is 11.8. The van der Waals surface area contributed by atoms with Gasteiger partial charge in [0.25, 0.3) is 0 Å². The summed E-state index contributed by atoms with van der Waals surface area (Å²) < 4.78 is 54.6. The van der Waals surface area contributed by atoms with Gasteiger partial charge in [0.15, 0.2) is 5.13 Å². The Bertz CT molecular complexity index is 1150. The molecule has 6 N–H and O–H groups in total. The summed E-state index contributed by atoms with van der Waals surface area (Å²) in [4.78, 5) is 27.4. The number of thiazole rings is 1. The minimum atomic E-state index is -3.41. The number of nitrogens with zero attached hydrogens (tertiary/aromatic N) is 2. The van der Waals surface area contributed by atoms with E-state index >= 15 is 0 Å². The van der Waals surface area contributed by atoms with Gasteiger partial charge in [-0.2, -0.15) is 0 Å². The fourth-order valence-corrected chi connectivity index (χ4v) is 6.13. The number of sulfonamides is 1. The maximum atomic E-state index is 14.0. The third kappa shape index (κ3) is 7.16. The van der Waals surface area contributed by atoms with Gasteiger partial charge in [-0.25, -0.2) is 26.5 Å². The standard InChI is InChI=1S/C21H28F2N6O4S2/c22-14-3-1-4-15(23)17(14)18(31)19-20(25)28-21(34-19)27-13-6-10-29(11-7-13)35(32,33)12-2-8-26-9-5-16(24)30/h1,3-4,13,26H,2,5-12,25H2,(H2,24,30)(H,27,28). The molecule has 0 aliphatic carbocycles. The van der Waals surface area contributed by atoms with E-state index in [1.165, 1.54) is 10.4 Å². The van der Waals surface area contributed by atoms with Crippen LogP contribution in [0.3, 0.4) is 0 Å². The van der Waals surface area contributed by atoms with E-state index in [-0.39, 0.29) is 28.9 Å². The Labute approximate surface area is 206 Å². The highest BCUT2D eigenvalue weighted by Gasteiger charge is 2.29. The molecule has 14 heteroatoms. The van der Waals surface area contributed by atoms with Gasteiger partial charge in [-0.15, -0.1) is 0 Å². The minimum absolute atomic E-state index is 0.00421. The smallest absolute Gasteiger partial charge is 0.218 e. The second-order valence-corrected chi connectivity index (χ2v) is 11.2. The van der Waals surface area contributed by atoms with Gasteiger partial charge in [-0.3, -0.25) is 9.59 Å². The van der Waals surface area contributed by atoms with Crippen LogP contribution >= 0.6 is 11.3 Å². The van der Waals surface area contributed by atoms with E-state index in [0.29, 0.717) is 50.6 Å². The lowest BCUT2D eigenvalue weighted by Gasteiger charge is -2.31. The van der Waals surface area contributed by atoms with Crippen LogP contribution in [0.1, 0.15) is 40.9 Å². The van der Waals surface area contributed by atoms with E-state index in [0.717, 1.165) is 23.5 Å². The molecule has 35 heavy (non-hydrogen) atoms. The number of hydrogen-bond acceptors (Lipinski definition) is 9. The molecular weight excluding hydrogens is 502 g/mol. The first kappa shape index (κ1) is 26.9. The Kier molecular flexibility index (Phi) is 9.10. The number of nitrogen functional groups attached to an aromatic ring is 1. The van der Waals surface area contributed by atoms with Gasteiger partial charge in [0.05, 0.1) is 11.3 Å². The van der Waals surface area contributed by atoms with Crippen molar-refractivity contribution in [3.05, 3.63) is 40.3 Å². The number of carbonyl (C=O) groups excluding carboxylic acids is 2. The van der Waals surface area contributed by atoms with Crippen LogP contribution < -0.4 is 22.1 Å². The van der Waals surface area contributed by atoms with Gasteiger partial charge < -0.3 is 22.1 Å². The van der Waals surface area contributed by atoms with Crippen LogP contribution in [0.4, 0.5) is 19.7 Å². The molecule has 0 bridgehead atoms. The van der Waals surface area contributed by atoms with Crippen LogP contribution in [0.25, 0.3) is 0 Å². The van der Waals surface area contributed by atoms with Crippen LogP contribution in [0.15, 0.2) is 18.2 Å². The molecule has 1 amide bonds. The largest absolute Gasteiger partial charge is 0.382 e. The predicted molar refractivity (Wildman–Crippen MR) is 130 cm³/mol. The summed E-state index contributed by atoms with van der Waals surface area (Å²) in [5.74, 6) is -3.39. The Hall–Kier alpha value is -2.68. The van der Waals surface area contributed by atoms with Gasteiger partial charge in [0.2, 0.25) is 21.7 Å². The molecule has 1 aromatic carbocycles. The van der Waals surface area contributed by atoms with E-state index in [1.54, 1.807) is 0 Å². The van der Waals surface area contributed by atoms with Crippen molar-refractivity contribution in [2.75, 3.05) is 43.0 Å². The van der Waals surface area contributed by atoms with Gasteiger partial charge in [-0.05, 0) is 37.9 Å². The lowest BCUT2D eigenvalue weighted by molar-refractivity contribution is -0.117. The minimum Gasteiger partial charge on any atom is -0.382 e. The zero-order chi connectivity index (χ0) is 25.6. The average Bonchev–Trinajstić information content (AvgIpc) is 3.16. The normalized spacial score (nSPS) is 15.3. The number of anilines is 2. The van der Waals surface area contributed by atoms with Crippen LogP contribution in [0.2, 0.25) is 0 Å². The molecule has 10 nitrogen and oxygen atoms in total. The fraction of sp³-hybridized carbons (Fsp3) is 0.476. The van der Waals surface area contributed by atoms with Crippen molar-refractivity contribution in [3.63, 3.8) is 0 Å². The topological polar surface area (TPSA) is 161 Å². The predicted octanol–water partition coefficient (Wildman–Crippen LogP) is 1.30. The highest BCUT2D eigenvalue weighted by atomic mass is 32.2. The number of halogens is 2. The molecule has 192 valence electrons. The number of aromatic nitrogens is 1. The first-order chi connectivity index (χ1) is 16.6. The monoisotopic (exact) mass is 530 g/mol. The SMILES string of the molecule is NC(=O)CCNCCCS(=O)(=O)N1CCC(Nc2nc(N)c(C(=O)c3c(F)cccc3F)s2)CC1. The summed E-state index contributed by atoms with van der Waals surface area (Å²) in [6.45, 7) is 1.52. The molecule has 0 spiro atoms. The van der Waals surface area contributed by atoms with E-state index in [9.17, 15) is 26.8 Å². The number of nitrogens with two attached hydrogens (primary N) is 2. The first-order valence-electron chi connectivity index (χ1n) is 11.1. The summed E-state index contributed by atoms with van der Waals surface area (Å²) in [5, 5.41) is 6.45. The van der Waals surface area contributed by atoms with Crippen LogP contribution in [-0.2, 0) is 14.8 Å². The van der Waals surface area contributed by atoms with E-state index in [4.69, 9.17) is 11.5 Å². The molecular formula is C21H28F2N6O4S2. The Morgan fingerprint density at radius 2 is 1.83 bits per heavy atom. The Balaban J connectivity index is 1.50. The maximum absolute atomic E-state index is 14.0. The van der Waals surface area contributed by atoms with E-state index < -0.39 is 38.9 Å². The highest BCUT2D eigenvalue weighted by molar-refractivity contribution is 7.89. The number of benzene rings is 1. The molecule has 0 radical (unpaired) electrons. The lowest BCUT2D eigenvalue weighted by atomic mass is 10.1. The van der Waals surface area contributed by atoms with Crippen molar-refractivity contribution in [2.24, 2.45) is 5.73 Å². The molecule has 2 heterocycles. The maximum Gasteiger partial charge on any atom is 0.218 e. The highest BCUT2D eigenvalue weighted by Crippen LogP contribution is 2.30. The number of rotatable bonds is 12. The summed E-state index contributed by atoms with van der Waals surface area (Å²) in [7, 11) is -3.41. The van der Waals surface area contributed by atoms with Gasteiger partial charge in [-0.1, -0.05) is 17.4 Å². The Morgan fingerprint density at radius 1 is 1.17 bits per heavy atom. The quantitative estimate of drug-likeness (QED) is 0.236. The number of amides is 1. The number of carbonyl (C=O) groups is 2. The molecule has 2 aromatic rings. The number of piperidine rings is 1. The van der Waals surface area contributed by atoms with Crippen molar-refractivity contribution in [1.82, 2.24) is 14.6 Å². The zero-order valence-corrected chi connectivity index (χ0v) is 20.6. The molecule has 0 saturated carbocycles. The third-order valence-corrected chi connectivity index (χ3v) is 8.49. The van der Waals surface area contributed by atoms with E-state index in [1.807, 2.05) is 0 Å². The van der Waals surface area contributed by atoms with Crippen LogP contribution in [0.5, 0.6) is 0 Å². The zero-order valence-electron chi connectivity index (χ0n) is 18.9. The molecule has 1 aliphatic rings. The number of primary amides is 1. The fourth-order valence-electron chi connectivity index (χ4n) is 3.68. The molecule has 1 saturated heterocycles. The molecule has 0 unspecified atom stereocenters. The van der Waals surface area contributed by atoms with Gasteiger partial charge >= 0.3 is 0 Å². The summed E-state index contributed by atoms with van der Waals surface area (Å²) in [6.07, 6.45) is 1.65. The average molecular weight is 531 g/mol. The van der Waals surface area contributed by atoms with Crippen molar-refractivity contribution < 1.29 is 26.8 Å². The lowest BCUT2D eigenvalue weighted by Crippen LogP contribution is -2.43. The van der Waals surface area contributed by atoms with Crippen LogP contribution in [0, 0.1) is 11.6 Å². The summed E-state index contributed by atoms with van der Waals surface area (Å²) in [6, 6.07) is 3.06. The van der Waals surface area contributed by atoms with Gasteiger partial charge in [0.1, 0.15) is 22.3 Å². The molecule has 3 rings (SSSR count). The molecule has 1 fully saturated rings. The number of nitrogens with one attached hydrogen (secondary N) is 2. The molecule has 0 atom stereocenters. The summed E-state index contributed by atoms with van der Waals surface area (Å²) >= 11 is 0.901. The van der Waals surface area contributed by atoms with Gasteiger partial charge in [0, 0.05) is 32.1 Å². The number of ketones is 1.